The van der Waals surface area contributed by atoms with Crippen LogP contribution < -0.4 is 5.32 Å². The van der Waals surface area contributed by atoms with Crippen LogP contribution in [0.1, 0.15) is 49.9 Å². The second-order valence-electron chi connectivity index (χ2n) is 11.4. The maximum absolute atomic E-state index is 11.5. The zero-order valence-corrected chi connectivity index (χ0v) is 25.2. The summed E-state index contributed by atoms with van der Waals surface area (Å²) in [7, 11) is 2.02. The van der Waals surface area contributed by atoms with Gasteiger partial charge in [-0.05, 0) is 93.7 Å². The summed E-state index contributed by atoms with van der Waals surface area (Å²) in [5.74, 6) is 0.439. The Bertz CT molecular complexity index is 1670. The van der Waals surface area contributed by atoms with E-state index in [1.165, 1.54) is 11.1 Å². The van der Waals surface area contributed by atoms with Gasteiger partial charge in [-0.3, -0.25) is 4.68 Å². The van der Waals surface area contributed by atoms with Gasteiger partial charge in [0.05, 0.1) is 27.0 Å². The number of nitrogens with zero attached hydrogens (tertiary/aromatic N) is 3. The zero-order valence-electron chi connectivity index (χ0n) is 23.6. The molecule has 3 aromatic carbocycles. The van der Waals surface area contributed by atoms with Gasteiger partial charge in [0.1, 0.15) is 11.3 Å². The smallest absolute Gasteiger partial charge is 0.124 e. The maximum Gasteiger partial charge on any atom is 0.124 e. The highest BCUT2D eigenvalue weighted by atomic mass is 35.5. The van der Waals surface area contributed by atoms with E-state index in [0.717, 1.165) is 74.4 Å². The summed E-state index contributed by atoms with van der Waals surface area (Å²) in [4.78, 5) is 16.6. The molecule has 0 spiro atoms. The van der Waals surface area contributed by atoms with Gasteiger partial charge in [-0.15, -0.1) is 11.3 Å². The van der Waals surface area contributed by atoms with Crippen molar-refractivity contribution in [2.75, 3.05) is 13.1 Å². The van der Waals surface area contributed by atoms with Gasteiger partial charge in [-0.25, -0.2) is 4.98 Å². The van der Waals surface area contributed by atoms with Crippen molar-refractivity contribution in [2.45, 2.75) is 52.1 Å². The minimum Gasteiger partial charge on any atom is -0.391 e. The third kappa shape index (κ3) is 5.98. The second-order valence-corrected chi connectivity index (χ2v) is 12.8. The van der Waals surface area contributed by atoms with Crippen LogP contribution in [-0.4, -0.2) is 44.8 Å². The number of aliphatic hydroxyl groups is 1. The molecule has 3 heterocycles. The number of aryl methyl sites for hydroxylation is 2. The van der Waals surface area contributed by atoms with Crippen LogP contribution in [-0.2, 0) is 18.3 Å². The number of fused-ring (bicyclic) bond motifs is 2. The van der Waals surface area contributed by atoms with Gasteiger partial charge in [-0.1, -0.05) is 23.7 Å². The molecule has 208 valence electrons. The predicted molar refractivity (Wildman–Crippen MR) is 166 cm³/mol. The van der Waals surface area contributed by atoms with E-state index < -0.39 is 5.60 Å². The third-order valence-electron chi connectivity index (χ3n) is 7.00. The first kappa shape index (κ1) is 28.4. The second kappa shape index (κ2) is 11.4. The quantitative estimate of drug-likeness (QED) is 0.219. The number of aromatic nitrogens is 3. The van der Waals surface area contributed by atoms with Crippen molar-refractivity contribution in [3.63, 3.8) is 0 Å². The average molecular weight is 575 g/mol. The Morgan fingerprint density at radius 3 is 2.50 bits per heavy atom. The number of nitrogens with one attached hydrogen (secondary N) is 1. The fraction of sp³-hybridized carbons (Fsp3) is 0.344. The molecule has 6 nitrogen and oxygen atoms in total. The van der Waals surface area contributed by atoms with Crippen LogP contribution in [0.25, 0.3) is 42.8 Å². The van der Waals surface area contributed by atoms with Gasteiger partial charge in [0.2, 0.25) is 0 Å². The normalized spacial score (nSPS) is 15.4. The van der Waals surface area contributed by atoms with E-state index in [1.807, 2.05) is 36.0 Å². The topological polar surface area (TPSA) is 80.0 Å². The molecular weight excluding hydrogens is 540 g/mol. The lowest BCUT2D eigenvalue weighted by molar-refractivity contribution is -0.107. The molecule has 0 saturated carbocycles. The van der Waals surface area contributed by atoms with Crippen molar-refractivity contribution < 1.29 is 9.90 Å². The molecule has 0 aliphatic carbocycles. The fourth-order valence-electron chi connectivity index (χ4n) is 5.24. The van der Waals surface area contributed by atoms with Crippen molar-refractivity contribution in [1.29, 1.82) is 0 Å². The van der Waals surface area contributed by atoms with E-state index in [4.69, 9.17) is 26.8 Å². The van der Waals surface area contributed by atoms with Crippen molar-refractivity contribution in [1.82, 2.24) is 20.1 Å². The highest BCUT2D eigenvalue weighted by Gasteiger charge is 2.23. The van der Waals surface area contributed by atoms with Gasteiger partial charge in [0, 0.05) is 47.5 Å². The van der Waals surface area contributed by atoms with Crippen LogP contribution in [0.15, 0.2) is 48.5 Å². The van der Waals surface area contributed by atoms with E-state index >= 15 is 0 Å². The number of hydrogen-bond donors (Lipinski definition) is 2. The molecule has 0 radical (unpaired) electrons. The molecule has 1 aliphatic heterocycles. The van der Waals surface area contributed by atoms with Gasteiger partial charge in [0.25, 0.3) is 0 Å². The van der Waals surface area contributed by atoms with Crippen LogP contribution in [0.5, 0.6) is 0 Å². The number of hydrogen-bond acceptors (Lipinski definition) is 6. The molecule has 6 rings (SSSR count). The van der Waals surface area contributed by atoms with Crippen molar-refractivity contribution >= 4 is 50.3 Å². The maximum atomic E-state index is 11.5. The lowest BCUT2D eigenvalue weighted by Crippen LogP contribution is -2.10. The molecule has 8 heteroatoms. The first-order valence-electron chi connectivity index (χ1n) is 13.6. The molecule has 2 N–H and O–H groups in total. The number of carbonyl (C=O) groups excluding carboxylic acids is 1. The van der Waals surface area contributed by atoms with Crippen LogP contribution in [0.2, 0.25) is 5.02 Å². The molecule has 5 aromatic rings. The Labute approximate surface area is 244 Å². The summed E-state index contributed by atoms with van der Waals surface area (Å²) < 4.78 is 3.08. The van der Waals surface area contributed by atoms with Gasteiger partial charge >= 0.3 is 0 Å². The van der Waals surface area contributed by atoms with E-state index in [9.17, 15) is 4.79 Å². The molecular formula is C32H35ClN4O2S. The minimum atomic E-state index is -0.500. The Morgan fingerprint density at radius 1 is 1.15 bits per heavy atom. The summed E-state index contributed by atoms with van der Waals surface area (Å²) in [5.41, 5.74) is 8.10. The SMILES string of the molecule is CC(C)(C)O.Cc1cc2nc(-c3ccc4c(c3)c(C3CCNC3)nn4C)sc2c(-c2ccc(Cl)cc2)c1CC=O. The molecule has 0 amide bonds. The largest absolute Gasteiger partial charge is 0.391 e. The van der Waals surface area contributed by atoms with Crippen LogP contribution in [0.3, 0.4) is 0 Å². The molecule has 0 bridgehead atoms. The summed E-state index contributed by atoms with van der Waals surface area (Å²) in [6.07, 6.45) is 2.46. The number of carbonyl (C=O) groups is 1. The number of halogens is 1. The molecule has 2 aromatic heterocycles. The van der Waals surface area contributed by atoms with E-state index in [2.05, 4.69) is 36.5 Å². The van der Waals surface area contributed by atoms with Crippen molar-refractivity contribution in [3.8, 4) is 21.7 Å². The molecule has 1 unspecified atom stereocenters. The molecule has 1 aliphatic rings. The Morgan fingerprint density at radius 2 is 1.85 bits per heavy atom. The number of aldehydes is 1. The number of thiazole rings is 1. The third-order valence-corrected chi connectivity index (χ3v) is 8.39. The number of benzene rings is 3. The van der Waals surface area contributed by atoms with Crippen molar-refractivity contribution in [3.05, 3.63) is 70.4 Å². The fourth-order valence-corrected chi connectivity index (χ4v) is 6.50. The lowest BCUT2D eigenvalue weighted by Gasteiger charge is -2.12. The molecule has 1 saturated heterocycles. The van der Waals surface area contributed by atoms with Gasteiger partial charge in [-0.2, -0.15) is 5.10 Å². The first-order chi connectivity index (χ1) is 19.0. The summed E-state index contributed by atoms with van der Waals surface area (Å²) in [6.45, 7) is 9.30. The Hall–Kier alpha value is -3.10. The summed E-state index contributed by atoms with van der Waals surface area (Å²) >= 11 is 7.84. The summed E-state index contributed by atoms with van der Waals surface area (Å²) in [6, 6.07) is 16.5. The standard InChI is InChI=1S/C28H25ClN4OS.C4H10O/c1-16-13-23-27(25(21(16)10-12-34)17-3-6-20(29)7-4-17)35-28(31-23)18-5-8-24-22(14-18)26(32-33(24)2)19-9-11-30-15-19;1-4(2,3)5/h3-8,12-14,19,30H,9-11,15H2,1-2H3;5H,1-3H3. The average Bonchev–Trinajstić information content (AvgIpc) is 3.63. The molecule has 1 fully saturated rings. The van der Waals surface area contributed by atoms with Gasteiger partial charge in [0.15, 0.2) is 0 Å². The highest BCUT2D eigenvalue weighted by molar-refractivity contribution is 7.22. The molecule has 1 atom stereocenters. The van der Waals surface area contributed by atoms with Crippen molar-refractivity contribution in [2.24, 2.45) is 7.05 Å². The van der Waals surface area contributed by atoms with E-state index in [0.29, 0.717) is 17.4 Å². The van der Waals surface area contributed by atoms with Gasteiger partial charge < -0.3 is 15.2 Å². The summed E-state index contributed by atoms with van der Waals surface area (Å²) in [5, 5.41) is 19.7. The Kier molecular flexibility index (Phi) is 8.11. The predicted octanol–water partition coefficient (Wildman–Crippen LogP) is 7.07. The minimum absolute atomic E-state index is 0.368. The lowest BCUT2D eigenvalue weighted by atomic mass is 9.93. The van der Waals surface area contributed by atoms with Crippen LogP contribution in [0.4, 0.5) is 0 Å². The van der Waals surface area contributed by atoms with E-state index in [-0.39, 0.29) is 0 Å². The van der Waals surface area contributed by atoms with E-state index in [1.54, 1.807) is 32.1 Å². The highest BCUT2D eigenvalue weighted by Crippen LogP contribution is 2.42. The number of rotatable bonds is 5. The molecule has 40 heavy (non-hydrogen) atoms. The monoisotopic (exact) mass is 574 g/mol. The van der Waals surface area contributed by atoms with Crippen LogP contribution >= 0.6 is 22.9 Å². The van der Waals surface area contributed by atoms with Crippen LogP contribution in [0, 0.1) is 6.92 Å². The zero-order chi connectivity index (χ0) is 28.6. The Balaban J connectivity index is 0.000000595. The first-order valence-corrected chi connectivity index (χ1v) is 14.8.